The van der Waals surface area contributed by atoms with Gasteiger partial charge in [-0.25, -0.2) is 4.68 Å². The van der Waals surface area contributed by atoms with Crippen molar-refractivity contribution in [1.82, 2.24) is 14.7 Å². The molecule has 146 valence electrons. The summed E-state index contributed by atoms with van der Waals surface area (Å²) in [6, 6.07) is 16.2. The average Bonchev–Trinajstić information content (AvgIpc) is 3.13. The first-order valence-electron chi connectivity index (χ1n) is 9.60. The number of hydrogen-bond donors (Lipinski definition) is 0. The summed E-state index contributed by atoms with van der Waals surface area (Å²) in [5.74, 6) is 0.639. The first kappa shape index (κ1) is 19.3. The van der Waals surface area contributed by atoms with Crippen molar-refractivity contribution >= 4 is 23.2 Å². The van der Waals surface area contributed by atoms with Crippen molar-refractivity contribution in [2.24, 2.45) is 0 Å². The Morgan fingerprint density at radius 2 is 1.86 bits per heavy atom. The van der Waals surface area contributed by atoms with Crippen molar-refractivity contribution in [3.05, 3.63) is 75.4 Å². The second-order valence-corrected chi connectivity index (χ2v) is 7.80. The van der Waals surface area contributed by atoms with E-state index in [1.54, 1.807) is 6.07 Å². The highest BCUT2D eigenvalue weighted by molar-refractivity contribution is 6.42. The van der Waals surface area contributed by atoms with Gasteiger partial charge in [-0.15, -0.1) is 5.10 Å². The smallest absolute Gasteiger partial charge is 0.233 e. The molecular weight excluding hydrogens is 393 g/mol. The quantitative estimate of drug-likeness (QED) is 0.555. The van der Waals surface area contributed by atoms with E-state index in [2.05, 4.69) is 41.2 Å². The zero-order valence-corrected chi connectivity index (χ0v) is 17.4. The van der Waals surface area contributed by atoms with E-state index in [9.17, 15) is 0 Å². The van der Waals surface area contributed by atoms with Crippen LogP contribution in [0.3, 0.4) is 0 Å². The molecule has 0 saturated carbocycles. The van der Waals surface area contributed by atoms with Crippen LogP contribution in [0, 0.1) is 0 Å². The molecule has 0 atom stereocenters. The SMILES string of the molecule is CCc1cc(OCCN2CCc3ccccc3C2)nn1-c1ccc(Cl)c(Cl)c1. The van der Waals surface area contributed by atoms with Gasteiger partial charge in [0.2, 0.25) is 5.88 Å². The zero-order valence-electron chi connectivity index (χ0n) is 15.9. The second-order valence-electron chi connectivity index (χ2n) is 6.98. The molecule has 1 aliphatic heterocycles. The van der Waals surface area contributed by atoms with Crippen molar-refractivity contribution in [3.8, 4) is 11.6 Å². The number of hydrogen-bond acceptors (Lipinski definition) is 3. The Hall–Kier alpha value is -2.01. The number of aromatic nitrogens is 2. The molecule has 3 aromatic rings. The van der Waals surface area contributed by atoms with E-state index in [-0.39, 0.29) is 0 Å². The van der Waals surface area contributed by atoms with E-state index in [4.69, 9.17) is 27.9 Å². The Balaban J connectivity index is 1.39. The molecule has 4 rings (SSSR count). The highest BCUT2D eigenvalue weighted by atomic mass is 35.5. The van der Waals surface area contributed by atoms with Gasteiger partial charge in [-0.2, -0.15) is 0 Å². The Morgan fingerprint density at radius 3 is 2.64 bits per heavy atom. The Labute approximate surface area is 175 Å². The molecule has 0 aliphatic carbocycles. The van der Waals surface area contributed by atoms with E-state index < -0.39 is 0 Å². The first-order chi connectivity index (χ1) is 13.6. The molecule has 0 saturated heterocycles. The summed E-state index contributed by atoms with van der Waals surface area (Å²) in [5, 5.41) is 5.67. The maximum absolute atomic E-state index is 6.16. The number of fused-ring (bicyclic) bond motifs is 1. The summed E-state index contributed by atoms with van der Waals surface area (Å²) in [6.07, 6.45) is 1.95. The Kier molecular flexibility index (Phi) is 5.90. The van der Waals surface area contributed by atoms with E-state index in [1.807, 2.05) is 22.9 Å². The number of aryl methyl sites for hydroxylation is 1. The van der Waals surface area contributed by atoms with E-state index in [0.29, 0.717) is 22.5 Å². The van der Waals surface area contributed by atoms with Crippen LogP contribution in [0.2, 0.25) is 10.0 Å². The van der Waals surface area contributed by atoms with Gasteiger partial charge < -0.3 is 4.74 Å². The van der Waals surface area contributed by atoms with Crippen molar-refractivity contribution in [1.29, 1.82) is 0 Å². The molecule has 0 bridgehead atoms. The van der Waals surface area contributed by atoms with Gasteiger partial charge in [0.1, 0.15) is 6.61 Å². The lowest BCUT2D eigenvalue weighted by molar-refractivity contribution is 0.192. The van der Waals surface area contributed by atoms with Gasteiger partial charge in [0, 0.05) is 31.4 Å². The van der Waals surface area contributed by atoms with Gasteiger partial charge in [-0.1, -0.05) is 54.4 Å². The summed E-state index contributed by atoms with van der Waals surface area (Å²) < 4.78 is 7.83. The molecule has 1 aromatic heterocycles. The standard InChI is InChI=1S/C22H23Cl2N3O/c1-2-18-14-22(25-27(18)19-7-8-20(23)21(24)13-19)28-12-11-26-10-9-16-5-3-4-6-17(16)15-26/h3-8,13-14H,2,9-12,15H2,1H3. The maximum Gasteiger partial charge on any atom is 0.233 e. The summed E-state index contributed by atoms with van der Waals surface area (Å²) >= 11 is 12.2. The van der Waals surface area contributed by atoms with Crippen LogP contribution in [0.25, 0.3) is 5.69 Å². The molecule has 2 aromatic carbocycles. The molecule has 0 N–H and O–H groups in total. The molecule has 0 spiro atoms. The molecule has 2 heterocycles. The Bertz CT molecular complexity index is 970. The molecule has 4 nitrogen and oxygen atoms in total. The number of nitrogens with zero attached hydrogens (tertiary/aromatic N) is 3. The van der Waals surface area contributed by atoms with Crippen molar-refractivity contribution in [3.63, 3.8) is 0 Å². The van der Waals surface area contributed by atoms with Gasteiger partial charge >= 0.3 is 0 Å². The molecule has 0 amide bonds. The minimum Gasteiger partial charge on any atom is -0.475 e. The summed E-state index contributed by atoms with van der Waals surface area (Å²) in [4.78, 5) is 2.43. The summed E-state index contributed by atoms with van der Waals surface area (Å²) in [5.41, 5.74) is 4.84. The van der Waals surface area contributed by atoms with Gasteiger partial charge in [0.25, 0.3) is 0 Å². The normalized spacial score (nSPS) is 14.1. The molecule has 0 fully saturated rings. The monoisotopic (exact) mass is 415 g/mol. The largest absolute Gasteiger partial charge is 0.475 e. The molecule has 6 heteroatoms. The third-order valence-electron chi connectivity index (χ3n) is 5.14. The third-order valence-corrected chi connectivity index (χ3v) is 5.88. The predicted octanol–water partition coefficient (Wildman–Crippen LogP) is 5.18. The lowest BCUT2D eigenvalue weighted by atomic mass is 10.0. The number of halogens is 2. The van der Waals surface area contributed by atoms with E-state index in [1.165, 1.54) is 11.1 Å². The van der Waals surface area contributed by atoms with Crippen LogP contribution in [0.5, 0.6) is 5.88 Å². The fourth-order valence-electron chi connectivity index (χ4n) is 3.58. The average molecular weight is 416 g/mol. The maximum atomic E-state index is 6.16. The van der Waals surface area contributed by atoms with Gasteiger partial charge in [-0.05, 0) is 42.2 Å². The minimum atomic E-state index is 0.518. The van der Waals surface area contributed by atoms with Crippen LogP contribution >= 0.6 is 23.2 Å². The second kappa shape index (κ2) is 8.56. The highest BCUT2D eigenvalue weighted by Gasteiger charge is 2.16. The van der Waals surface area contributed by atoms with E-state index in [0.717, 1.165) is 43.9 Å². The zero-order chi connectivity index (χ0) is 19.5. The van der Waals surface area contributed by atoms with Crippen LogP contribution in [0.1, 0.15) is 23.7 Å². The Morgan fingerprint density at radius 1 is 1.04 bits per heavy atom. The van der Waals surface area contributed by atoms with Crippen LogP contribution in [0.4, 0.5) is 0 Å². The van der Waals surface area contributed by atoms with Crippen LogP contribution in [0.15, 0.2) is 48.5 Å². The molecule has 1 aliphatic rings. The van der Waals surface area contributed by atoms with Crippen molar-refractivity contribution in [2.45, 2.75) is 26.3 Å². The van der Waals surface area contributed by atoms with E-state index >= 15 is 0 Å². The molecular formula is C22H23Cl2N3O. The fraction of sp³-hybridized carbons (Fsp3) is 0.318. The lowest BCUT2D eigenvalue weighted by Gasteiger charge is -2.28. The van der Waals surface area contributed by atoms with Gasteiger partial charge in [0.15, 0.2) is 0 Å². The number of benzene rings is 2. The minimum absolute atomic E-state index is 0.518. The number of rotatable bonds is 6. The summed E-state index contributed by atoms with van der Waals surface area (Å²) in [6.45, 7) is 5.65. The van der Waals surface area contributed by atoms with Crippen LogP contribution in [-0.4, -0.2) is 34.4 Å². The fourth-order valence-corrected chi connectivity index (χ4v) is 3.87. The van der Waals surface area contributed by atoms with Crippen LogP contribution in [-0.2, 0) is 19.4 Å². The molecule has 0 radical (unpaired) electrons. The van der Waals surface area contributed by atoms with Gasteiger partial charge in [-0.3, -0.25) is 4.90 Å². The van der Waals surface area contributed by atoms with Crippen LogP contribution < -0.4 is 4.74 Å². The first-order valence-corrected chi connectivity index (χ1v) is 10.4. The predicted molar refractivity (Wildman–Crippen MR) is 114 cm³/mol. The topological polar surface area (TPSA) is 30.3 Å². The summed E-state index contributed by atoms with van der Waals surface area (Å²) in [7, 11) is 0. The van der Waals surface area contributed by atoms with Gasteiger partial charge in [0.05, 0.1) is 15.7 Å². The number of ether oxygens (including phenoxy) is 1. The third kappa shape index (κ3) is 4.19. The molecule has 28 heavy (non-hydrogen) atoms. The highest BCUT2D eigenvalue weighted by Crippen LogP contribution is 2.26. The lowest BCUT2D eigenvalue weighted by Crippen LogP contribution is -2.33. The molecule has 0 unspecified atom stereocenters. The van der Waals surface area contributed by atoms with Crippen molar-refractivity contribution < 1.29 is 4.74 Å². The van der Waals surface area contributed by atoms with Crippen molar-refractivity contribution in [2.75, 3.05) is 19.7 Å².